The molecule has 2 aromatic carbocycles. The maximum Gasteiger partial charge on any atom is 0.113 e. The lowest BCUT2D eigenvalue weighted by atomic mass is 9.92. The molecule has 0 nitrogen and oxygen atoms in total. The molecule has 0 amide bonds. The van der Waals surface area contributed by atoms with E-state index < -0.39 is 0 Å². The topological polar surface area (TPSA) is 0 Å². The van der Waals surface area contributed by atoms with Crippen molar-refractivity contribution < 1.29 is 0 Å². The lowest BCUT2D eigenvalue weighted by Crippen LogP contribution is -2.01. The second kappa shape index (κ2) is 4.24. The highest BCUT2D eigenvalue weighted by Gasteiger charge is 1.99. The van der Waals surface area contributed by atoms with Crippen molar-refractivity contribution in [1.82, 2.24) is 0 Å². The Kier molecular flexibility index (Phi) is 2.97. The Bertz CT molecular complexity index is 454. The summed E-state index contributed by atoms with van der Waals surface area (Å²) < 4.78 is 1.01. The fourth-order valence-electron chi connectivity index (χ4n) is 1.53. The summed E-state index contributed by atoms with van der Waals surface area (Å²) >= 11 is 3.44. The van der Waals surface area contributed by atoms with E-state index in [-0.39, 0.29) is 0 Å². The summed E-state index contributed by atoms with van der Waals surface area (Å²) in [4.78, 5) is 0. The van der Waals surface area contributed by atoms with E-state index in [0.29, 0.717) is 0 Å². The zero-order valence-corrected chi connectivity index (χ0v) is 10.1. The molecule has 2 heteroatoms. The molecule has 0 N–H and O–H groups in total. The molecule has 0 aliphatic carbocycles. The lowest BCUT2D eigenvalue weighted by Gasteiger charge is -2.05. The molecule has 0 spiro atoms. The first-order valence-corrected chi connectivity index (χ1v) is 5.57. The van der Waals surface area contributed by atoms with Gasteiger partial charge in [-0.3, -0.25) is 0 Å². The summed E-state index contributed by atoms with van der Waals surface area (Å²) in [6.45, 7) is 2.08. The van der Waals surface area contributed by atoms with E-state index in [1.54, 1.807) is 0 Å². The van der Waals surface area contributed by atoms with E-state index in [2.05, 4.69) is 53.2 Å². The Labute approximate surface area is 99.9 Å². The molecule has 2 aromatic rings. The van der Waals surface area contributed by atoms with Gasteiger partial charge in [0.25, 0.3) is 0 Å². The Morgan fingerprint density at radius 1 is 0.933 bits per heavy atom. The summed E-state index contributed by atoms with van der Waals surface area (Å²) in [5.41, 5.74) is 4.37. The molecule has 0 saturated heterocycles. The van der Waals surface area contributed by atoms with Gasteiger partial charge in [0.05, 0.1) is 0 Å². The summed E-state index contributed by atoms with van der Waals surface area (Å²) in [7, 11) is 5.80. The molecule has 15 heavy (non-hydrogen) atoms. The quantitative estimate of drug-likeness (QED) is 0.688. The van der Waals surface area contributed by atoms with Crippen LogP contribution < -0.4 is 5.46 Å². The van der Waals surface area contributed by atoms with E-state index in [1.165, 1.54) is 11.1 Å². The van der Waals surface area contributed by atoms with Gasteiger partial charge in [0.1, 0.15) is 7.85 Å². The van der Waals surface area contributed by atoms with Crippen molar-refractivity contribution >= 4 is 29.2 Å². The first-order chi connectivity index (χ1) is 7.15. The highest BCUT2D eigenvalue weighted by Crippen LogP contribution is 2.22. The number of aryl methyl sites for hydroxylation is 1. The molecule has 0 saturated carbocycles. The maximum absolute atomic E-state index is 5.80. The van der Waals surface area contributed by atoms with Crippen molar-refractivity contribution in [2.75, 3.05) is 0 Å². The molecule has 0 bridgehead atoms. The summed E-state index contributed by atoms with van der Waals surface area (Å²) in [6, 6.07) is 14.4. The number of hydrogen-bond donors (Lipinski definition) is 0. The van der Waals surface area contributed by atoms with Gasteiger partial charge in [0.15, 0.2) is 0 Å². The van der Waals surface area contributed by atoms with Crippen LogP contribution in [0.15, 0.2) is 46.9 Å². The van der Waals surface area contributed by atoms with Crippen LogP contribution in [-0.4, -0.2) is 7.85 Å². The lowest BCUT2D eigenvalue weighted by molar-refractivity contribution is 1.47. The molecule has 0 atom stereocenters. The number of benzene rings is 2. The fraction of sp³-hybridized carbons (Fsp3) is 0.0769. The van der Waals surface area contributed by atoms with Gasteiger partial charge in [-0.25, -0.2) is 0 Å². The van der Waals surface area contributed by atoms with E-state index in [1.807, 2.05) is 12.1 Å². The van der Waals surface area contributed by atoms with Gasteiger partial charge in [0, 0.05) is 4.47 Å². The molecule has 0 unspecified atom stereocenters. The SMILES string of the molecule is [B]c1cc(Br)cc(-c2ccc(C)cc2)c1. The normalized spacial score (nSPS) is 10.3. The van der Waals surface area contributed by atoms with Crippen LogP contribution in [0.25, 0.3) is 11.1 Å². The van der Waals surface area contributed by atoms with Crippen LogP contribution in [0.2, 0.25) is 0 Å². The van der Waals surface area contributed by atoms with Crippen LogP contribution in [0, 0.1) is 6.92 Å². The van der Waals surface area contributed by atoms with Crippen LogP contribution in [0.1, 0.15) is 5.56 Å². The van der Waals surface area contributed by atoms with Crippen molar-refractivity contribution in [3.05, 3.63) is 52.5 Å². The predicted octanol–water partition coefficient (Wildman–Crippen LogP) is 3.22. The van der Waals surface area contributed by atoms with Gasteiger partial charge in [-0.2, -0.15) is 0 Å². The molecular formula is C13H10BBr. The second-order valence-corrected chi connectivity index (χ2v) is 4.55. The van der Waals surface area contributed by atoms with Crippen LogP contribution in [0.5, 0.6) is 0 Å². The van der Waals surface area contributed by atoms with Crippen LogP contribution in [-0.2, 0) is 0 Å². The fourth-order valence-corrected chi connectivity index (χ4v) is 2.04. The largest absolute Gasteiger partial charge is 0.113 e. The summed E-state index contributed by atoms with van der Waals surface area (Å²) in [6.07, 6.45) is 0. The van der Waals surface area contributed by atoms with Crippen LogP contribution in [0.3, 0.4) is 0 Å². The van der Waals surface area contributed by atoms with Gasteiger partial charge in [-0.15, -0.1) is 0 Å². The third-order valence-corrected chi connectivity index (χ3v) is 2.76. The van der Waals surface area contributed by atoms with E-state index in [4.69, 9.17) is 7.85 Å². The zero-order chi connectivity index (χ0) is 10.8. The van der Waals surface area contributed by atoms with Gasteiger partial charge < -0.3 is 0 Å². The molecule has 0 aromatic heterocycles. The average Bonchev–Trinajstić information content (AvgIpc) is 2.17. The number of halogens is 1. The minimum atomic E-state index is 0.778. The van der Waals surface area contributed by atoms with Crippen molar-refractivity contribution in [2.24, 2.45) is 0 Å². The highest BCUT2D eigenvalue weighted by molar-refractivity contribution is 9.10. The first kappa shape index (κ1) is 10.5. The zero-order valence-electron chi connectivity index (χ0n) is 8.50. The maximum atomic E-state index is 5.80. The molecule has 0 aliphatic rings. The first-order valence-electron chi connectivity index (χ1n) is 4.78. The monoisotopic (exact) mass is 256 g/mol. The Morgan fingerprint density at radius 2 is 1.60 bits per heavy atom. The van der Waals surface area contributed by atoms with E-state index in [9.17, 15) is 0 Å². The Morgan fingerprint density at radius 3 is 2.20 bits per heavy atom. The predicted molar refractivity (Wildman–Crippen MR) is 69.7 cm³/mol. The van der Waals surface area contributed by atoms with E-state index >= 15 is 0 Å². The van der Waals surface area contributed by atoms with Crippen LogP contribution in [0.4, 0.5) is 0 Å². The Hall–Kier alpha value is -1.02. The van der Waals surface area contributed by atoms with Crippen molar-refractivity contribution in [2.45, 2.75) is 6.92 Å². The Balaban J connectivity index is 2.49. The van der Waals surface area contributed by atoms with Gasteiger partial charge in [0.2, 0.25) is 0 Å². The van der Waals surface area contributed by atoms with Crippen LogP contribution >= 0.6 is 15.9 Å². The molecule has 0 aliphatic heterocycles. The van der Waals surface area contributed by atoms with Gasteiger partial charge in [-0.1, -0.05) is 63.4 Å². The summed E-state index contributed by atoms with van der Waals surface area (Å²) in [5, 5.41) is 0. The third-order valence-electron chi connectivity index (χ3n) is 2.31. The molecule has 0 heterocycles. The molecule has 0 fully saturated rings. The molecule has 2 rings (SSSR count). The number of rotatable bonds is 1. The average molecular weight is 257 g/mol. The van der Waals surface area contributed by atoms with Crippen molar-refractivity contribution in [3.63, 3.8) is 0 Å². The highest BCUT2D eigenvalue weighted by atomic mass is 79.9. The smallest absolute Gasteiger partial charge is 0.0950 e. The number of hydrogen-bond acceptors (Lipinski definition) is 0. The molecule has 2 radical (unpaired) electrons. The van der Waals surface area contributed by atoms with Gasteiger partial charge in [-0.05, 0) is 24.1 Å². The minimum absolute atomic E-state index is 0.778. The minimum Gasteiger partial charge on any atom is -0.0950 e. The molecular weight excluding hydrogens is 247 g/mol. The molecule has 72 valence electrons. The second-order valence-electron chi connectivity index (χ2n) is 3.64. The van der Waals surface area contributed by atoms with Gasteiger partial charge >= 0.3 is 0 Å². The summed E-state index contributed by atoms with van der Waals surface area (Å²) in [5.74, 6) is 0. The van der Waals surface area contributed by atoms with E-state index in [0.717, 1.165) is 15.5 Å². The van der Waals surface area contributed by atoms with Crippen molar-refractivity contribution in [3.8, 4) is 11.1 Å². The van der Waals surface area contributed by atoms with Crippen molar-refractivity contribution in [1.29, 1.82) is 0 Å². The third kappa shape index (κ3) is 2.51. The standard InChI is InChI=1S/C13H10BBr/c1-9-2-4-10(5-3-9)11-6-12(14)8-13(15)7-11/h2-8H,1H3.